The number of thiocarbonyl (C=S) groups is 1. The third kappa shape index (κ3) is 3.06. The molecule has 1 aromatic rings. The molecule has 0 amide bonds. The maximum absolute atomic E-state index is 5.12. The van der Waals surface area contributed by atoms with Crippen LogP contribution in [-0.2, 0) is 0 Å². The minimum Gasteiger partial charge on any atom is -0.375 e. The molecule has 0 aromatic carbocycles. The van der Waals surface area contributed by atoms with Crippen LogP contribution in [0.3, 0.4) is 0 Å². The summed E-state index contributed by atoms with van der Waals surface area (Å²) < 4.78 is 0. The summed E-state index contributed by atoms with van der Waals surface area (Å²) in [5.41, 5.74) is 10.1. The molecule has 0 radical (unpaired) electrons. The Morgan fingerprint density at radius 1 is 1.91 bits per heavy atom. The SMILES string of the molecule is NC(=S)N/N=C/c1cscn1. The van der Waals surface area contributed by atoms with Crippen LogP contribution in [-0.4, -0.2) is 16.3 Å². The molecule has 0 aliphatic heterocycles. The number of nitrogens with one attached hydrogen (secondary N) is 1. The van der Waals surface area contributed by atoms with Crippen LogP contribution in [0.25, 0.3) is 0 Å². The average Bonchev–Trinajstić information content (AvgIpc) is 2.39. The molecule has 11 heavy (non-hydrogen) atoms. The number of hydrogen-bond acceptors (Lipinski definition) is 4. The van der Waals surface area contributed by atoms with Crippen LogP contribution < -0.4 is 11.2 Å². The van der Waals surface area contributed by atoms with Crippen molar-refractivity contribution in [1.29, 1.82) is 0 Å². The molecule has 0 atom stereocenters. The van der Waals surface area contributed by atoms with Crippen molar-refractivity contribution in [3.63, 3.8) is 0 Å². The lowest BCUT2D eigenvalue weighted by molar-refractivity contribution is 1.04. The fraction of sp³-hybridized carbons (Fsp3) is 0. The van der Waals surface area contributed by atoms with Gasteiger partial charge >= 0.3 is 0 Å². The molecule has 0 saturated carbocycles. The van der Waals surface area contributed by atoms with Crippen molar-refractivity contribution in [3.05, 3.63) is 16.6 Å². The lowest BCUT2D eigenvalue weighted by Gasteiger charge is -1.90. The van der Waals surface area contributed by atoms with Crippen LogP contribution >= 0.6 is 23.6 Å². The highest BCUT2D eigenvalue weighted by molar-refractivity contribution is 7.80. The zero-order chi connectivity index (χ0) is 8.10. The summed E-state index contributed by atoms with van der Waals surface area (Å²) in [5.74, 6) is 0. The van der Waals surface area contributed by atoms with Gasteiger partial charge in [-0.25, -0.2) is 4.98 Å². The molecule has 6 heteroatoms. The van der Waals surface area contributed by atoms with Crippen molar-refractivity contribution < 1.29 is 0 Å². The maximum Gasteiger partial charge on any atom is 0.184 e. The molecular weight excluding hydrogens is 180 g/mol. The molecule has 1 rings (SSSR count). The topological polar surface area (TPSA) is 63.3 Å². The number of nitrogens with two attached hydrogens (primary N) is 1. The van der Waals surface area contributed by atoms with Gasteiger partial charge in [0.15, 0.2) is 5.11 Å². The first-order chi connectivity index (χ1) is 5.29. The van der Waals surface area contributed by atoms with Gasteiger partial charge in [0, 0.05) is 5.38 Å². The largest absolute Gasteiger partial charge is 0.375 e. The molecule has 3 N–H and O–H groups in total. The predicted molar refractivity (Wildman–Crippen MR) is 49.6 cm³/mol. The quantitative estimate of drug-likeness (QED) is 0.396. The molecule has 0 saturated heterocycles. The Labute approximate surface area is 73.1 Å². The zero-order valence-electron chi connectivity index (χ0n) is 5.52. The van der Waals surface area contributed by atoms with E-state index in [1.54, 1.807) is 11.7 Å². The maximum atomic E-state index is 5.12. The van der Waals surface area contributed by atoms with Crippen molar-refractivity contribution in [2.45, 2.75) is 0 Å². The van der Waals surface area contributed by atoms with E-state index in [9.17, 15) is 0 Å². The third-order valence-electron chi connectivity index (χ3n) is 0.823. The minimum atomic E-state index is 0.150. The lowest BCUT2D eigenvalue weighted by Crippen LogP contribution is -2.23. The molecule has 4 nitrogen and oxygen atoms in total. The molecule has 1 heterocycles. The number of rotatable bonds is 2. The highest BCUT2D eigenvalue weighted by atomic mass is 32.1. The van der Waals surface area contributed by atoms with Gasteiger partial charge in [-0.2, -0.15) is 5.10 Å². The number of nitrogens with zero attached hydrogens (tertiary/aromatic N) is 2. The standard InChI is InChI=1S/C5H6N4S2/c6-5(10)9-8-1-4-2-11-3-7-4/h1-3H,(H3,6,9,10)/b8-1+. The second-order valence-electron chi connectivity index (χ2n) is 1.65. The van der Waals surface area contributed by atoms with E-state index in [1.165, 1.54) is 11.3 Å². The summed E-state index contributed by atoms with van der Waals surface area (Å²) in [6.07, 6.45) is 1.55. The number of hydrazone groups is 1. The Balaban J connectivity index is 2.43. The van der Waals surface area contributed by atoms with Gasteiger partial charge in [-0.1, -0.05) is 0 Å². The van der Waals surface area contributed by atoms with E-state index in [4.69, 9.17) is 5.73 Å². The molecule has 0 aliphatic carbocycles. The van der Waals surface area contributed by atoms with E-state index in [-0.39, 0.29) is 5.11 Å². The number of hydrogen-bond donors (Lipinski definition) is 2. The zero-order valence-corrected chi connectivity index (χ0v) is 7.15. The Hall–Kier alpha value is -1.01. The third-order valence-corrected chi connectivity index (χ3v) is 1.52. The Bertz CT molecular complexity index is 253. The molecule has 0 bridgehead atoms. The number of thiazole rings is 1. The van der Waals surface area contributed by atoms with E-state index in [1.807, 2.05) is 5.38 Å². The van der Waals surface area contributed by atoms with Gasteiger partial charge in [-0.3, -0.25) is 5.43 Å². The second-order valence-corrected chi connectivity index (χ2v) is 2.81. The van der Waals surface area contributed by atoms with E-state index in [0.29, 0.717) is 0 Å². The molecule has 0 unspecified atom stereocenters. The van der Waals surface area contributed by atoms with Crippen molar-refractivity contribution >= 4 is 34.9 Å². The van der Waals surface area contributed by atoms with Gasteiger partial charge in [0.05, 0.1) is 17.4 Å². The van der Waals surface area contributed by atoms with E-state index < -0.39 is 0 Å². The summed E-state index contributed by atoms with van der Waals surface area (Å²) in [5, 5.41) is 5.73. The summed E-state index contributed by atoms with van der Waals surface area (Å²) in [6, 6.07) is 0. The predicted octanol–water partition coefficient (Wildman–Crippen LogP) is 0.310. The summed E-state index contributed by atoms with van der Waals surface area (Å²) >= 11 is 6.03. The van der Waals surface area contributed by atoms with Crippen LogP contribution in [0.5, 0.6) is 0 Å². The first-order valence-corrected chi connectivity index (χ1v) is 4.11. The van der Waals surface area contributed by atoms with Crippen LogP contribution in [0.1, 0.15) is 5.69 Å². The van der Waals surface area contributed by atoms with Crippen LogP contribution in [0, 0.1) is 0 Å². The van der Waals surface area contributed by atoms with Crippen LogP contribution in [0.15, 0.2) is 16.0 Å². The summed E-state index contributed by atoms with van der Waals surface area (Å²) in [6.45, 7) is 0. The fourth-order valence-corrected chi connectivity index (χ4v) is 1.00. The Kier molecular flexibility index (Phi) is 2.94. The first kappa shape index (κ1) is 8.09. The normalized spacial score (nSPS) is 10.2. The Morgan fingerprint density at radius 3 is 3.27 bits per heavy atom. The van der Waals surface area contributed by atoms with Crippen molar-refractivity contribution in [2.75, 3.05) is 0 Å². The number of aromatic nitrogens is 1. The highest BCUT2D eigenvalue weighted by Gasteiger charge is 1.86. The van der Waals surface area contributed by atoms with Gasteiger partial charge < -0.3 is 5.73 Å². The van der Waals surface area contributed by atoms with Gasteiger partial charge in [0.2, 0.25) is 0 Å². The first-order valence-electron chi connectivity index (χ1n) is 2.76. The molecule has 58 valence electrons. The lowest BCUT2D eigenvalue weighted by atomic mass is 10.6. The second kappa shape index (κ2) is 3.99. The summed E-state index contributed by atoms with van der Waals surface area (Å²) in [4.78, 5) is 3.96. The molecule has 0 aliphatic rings. The molecule has 1 aromatic heterocycles. The van der Waals surface area contributed by atoms with Gasteiger partial charge in [-0.15, -0.1) is 11.3 Å². The van der Waals surface area contributed by atoms with Gasteiger partial charge in [-0.05, 0) is 12.2 Å². The van der Waals surface area contributed by atoms with Crippen LogP contribution in [0.2, 0.25) is 0 Å². The van der Waals surface area contributed by atoms with Crippen LogP contribution in [0.4, 0.5) is 0 Å². The Morgan fingerprint density at radius 2 is 2.73 bits per heavy atom. The molecular formula is C5H6N4S2. The molecule has 0 fully saturated rings. The van der Waals surface area contributed by atoms with Gasteiger partial charge in [0.1, 0.15) is 0 Å². The highest BCUT2D eigenvalue weighted by Crippen LogP contribution is 1.96. The van der Waals surface area contributed by atoms with Gasteiger partial charge in [0.25, 0.3) is 0 Å². The minimum absolute atomic E-state index is 0.150. The molecule has 0 spiro atoms. The monoisotopic (exact) mass is 186 g/mol. The average molecular weight is 186 g/mol. The fourth-order valence-electron chi connectivity index (χ4n) is 0.448. The van der Waals surface area contributed by atoms with E-state index in [0.717, 1.165) is 5.69 Å². The smallest absolute Gasteiger partial charge is 0.184 e. The van der Waals surface area contributed by atoms with E-state index in [2.05, 4.69) is 27.7 Å². The van der Waals surface area contributed by atoms with E-state index >= 15 is 0 Å². The van der Waals surface area contributed by atoms with Crippen molar-refractivity contribution in [2.24, 2.45) is 10.8 Å². The summed E-state index contributed by atoms with van der Waals surface area (Å²) in [7, 11) is 0. The van der Waals surface area contributed by atoms with Crippen molar-refractivity contribution in [1.82, 2.24) is 10.4 Å². The van der Waals surface area contributed by atoms with Crippen molar-refractivity contribution in [3.8, 4) is 0 Å².